The first-order chi connectivity index (χ1) is 13.8. The van der Waals surface area contributed by atoms with Crippen molar-refractivity contribution in [3.8, 4) is 0 Å². The molecule has 0 aliphatic carbocycles. The Morgan fingerprint density at radius 1 is 0.929 bits per heavy atom. The summed E-state index contributed by atoms with van der Waals surface area (Å²) in [5.41, 5.74) is 7.67. The van der Waals surface area contributed by atoms with E-state index in [0.29, 0.717) is 5.69 Å². The summed E-state index contributed by atoms with van der Waals surface area (Å²) in [4.78, 5) is 21.1. The Balaban J connectivity index is 1.63. The number of hydrogen-bond donors (Lipinski definition) is 1. The fourth-order valence-corrected chi connectivity index (χ4v) is 4.13. The van der Waals surface area contributed by atoms with E-state index in [2.05, 4.69) is 31.9 Å². The van der Waals surface area contributed by atoms with Gasteiger partial charge in [0, 0.05) is 46.9 Å². The van der Waals surface area contributed by atoms with E-state index in [1.54, 1.807) is 6.20 Å². The number of aromatic amines is 1. The van der Waals surface area contributed by atoms with Crippen LogP contribution in [0.5, 0.6) is 0 Å². The maximum atomic E-state index is 7.31. The predicted molar refractivity (Wildman–Crippen MR) is 112 cm³/mol. The second kappa shape index (κ2) is 5.48. The molecule has 5 nitrogen and oxygen atoms in total. The fraction of sp³-hybridized carbons (Fsp3) is 0.0435. The molecule has 130 valence electrons. The highest BCUT2D eigenvalue weighted by Gasteiger charge is 2.24. The monoisotopic (exact) mass is 359 g/mol. The van der Waals surface area contributed by atoms with Gasteiger partial charge in [-0.15, -0.1) is 0 Å². The Kier molecular flexibility index (Phi) is 2.95. The van der Waals surface area contributed by atoms with Crippen LogP contribution in [0.2, 0.25) is 0 Å². The maximum absolute atomic E-state index is 7.31. The van der Waals surface area contributed by atoms with Gasteiger partial charge in [0.25, 0.3) is 0 Å². The molecule has 1 aliphatic rings. The van der Waals surface area contributed by atoms with E-state index in [4.69, 9.17) is 11.6 Å². The molecular weight excluding hydrogens is 346 g/mol. The molecule has 2 aromatic carbocycles. The molecule has 0 amide bonds. The third kappa shape index (κ3) is 1.97. The van der Waals surface area contributed by atoms with E-state index in [0.717, 1.165) is 56.1 Å². The van der Waals surface area contributed by atoms with E-state index in [9.17, 15) is 0 Å². The van der Waals surface area contributed by atoms with Gasteiger partial charge in [-0.1, -0.05) is 12.1 Å². The molecule has 0 fully saturated rings. The minimum absolute atomic E-state index is 0.633. The van der Waals surface area contributed by atoms with Crippen LogP contribution in [0.25, 0.3) is 37.6 Å². The molecule has 1 aliphatic heterocycles. The van der Waals surface area contributed by atoms with Crippen molar-refractivity contribution in [3.05, 3.63) is 83.6 Å². The summed E-state index contributed by atoms with van der Waals surface area (Å²) in [7, 11) is 0. The molecule has 5 aromatic rings. The molecule has 6 rings (SSSR count). The van der Waals surface area contributed by atoms with Gasteiger partial charge in [0.2, 0.25) is 0 Å². The van der Waals surface area contributed by atoms with Crippen LogP contribution in [0, 0.1) is 6.57 Å². The number of benzene rings is 2. The van der Waals surface area contributed by atoms with Crippen LogP contribution in [-0.2, 0) is 6.42 Å². The molecule has 28 heavy (non-hydrogen) atoms. The van der Waals surface area contributed by atoms with Gasteiger partial charge in [-0.05, 0) is 41.3 Å². The minimum atomic E-state index is 0.633. The van der Waals surface area contributed by atoms with Crippen molar-refractivity contribution in [3.63, 3.8) is 0 Å². The van der Waals surface area contributed by atoms with Crippen molar-refractivity contribution >= 4 is 49.8 Å². The Hall–Kier alpha value is -4.04. The fourth-order valence-electron chi connectivity index (χ4n) is 4.13. The topological polar surface area (TPSA) is 58.3 Å². The average molecular weight is 359 g/mol. The zero-order chi connectivity index (χ0) is 18.7. The lowest BCUT2D eigenvalue weighted by Crippen LogP contribution is -1.99. The van der Waals surface area contributed by atoms with E-state index in [-0.39, 0.29) is 0 Å². The highest BCUT2D eigenvalue weighted by molar-refractivity contribution is 6.21. The minimum Gasteiger partial charge on any atom is -0.361 e. The summed E-state index contributed by atoms with van der Waals surface area (Å²) in [6, 6.07) is 13.8. The zero-order valence-corrected chi connectivity index (χ0v) is 14.8. The van der Waals surface area contributed by atoms with Gasteiger partial charge in [0.1, 0.15) is 0 Å². The average Bonchev–Trinajstić information content (AvgIpc) is 3.38. The molecule has 0 spiro atoms. The highest BCUT2D eigenvalue weighted by atomic mass is 14.8. The molecule has 0 saturated heterocycles. The van der Waals surface area contributed by atoms with Gasteiger partial charge in [-0.2, -0.15) is 0 Å². The van der Waals surface area contributed by atoms with Gasteiger partial charge in [-0.3, -0.25) is 15.0 Å². The predicted octanol–water partition coefficient (Wildman–Crippen LogP) is 5.49. The lowest BCUT2D eigenvalue weighted by atomic mass is 9.98. The van der Waals surface area contributed by atoms with E-state index < -0.39 is 0 Å². The van der Waals surface area contributed by atoms with Crippen LogP contribution < -0.4 is 0 Å². The third-order valence-corrected chi connectivity index (χ3v) is 5.40. The van der Waals surface area contributed by atoms with Crippen molar-refractivity contribution in [1.82, 2.24) is 15.0 Å². The van der Waals surface area contributed by atoms with Crippen molar-refractivity contribution < 1.29 is 0 Å². The number of aromatic nitrogens is 3. The Bertz CT molecular complexity index is 1500. The summed E-state index contributed by atoms with van der Waals surface area (Å²) in [5, 5.41) is 3.16. The molecule has 4 heterocycles. The van der Waals surface area contributed by atoms with Crippen LogP contribution in [0.3, 0.4) is 0 Å². The van der Waals surface area contributed by atoms with Gasteiger partial charge >= 0.3 is 0 Å². The molecule has 0 saturated carbocycles. The number of nitrogens with zero attached hydrogens (tertiary/aromatic N) is 4. The SMILES string of the molecule is [C-]#[N+]c1ccc2[nH]cc(C3=Nc4c(c5cccnc5c5ncccc45)C3)c2c1. The van der Waals surface area contributed by atoms with E-state index in [1.807, 2.05) is 42.7 Å². The molecule has 1 N–H and O–H groups in total. The smallest absolute Gasteiger partial charge is 0.188 e. The number of fused-ring (bicyclic) bond motifs is 7. The number of hydrogen-bond acceptors (Lipinski definition) is 3. The Morgan fingerprint density at radius 3 is 2.54 bits per heavy atom. The second-order valence-corrected chi connectivity index (χ2v) is 6.91. The van der Waals surface area contributed by atoms with E-state index in [1.165, 1.54) is 5.56 Å². The molecule has 0 unspecified atom stereocenters. The van der Waals surface area contributed by atoms with Gasteiger partial charge < -0.3 is 4.98 Å². The van der Waals surface area contributed by atoms with Crippen molar-refractivity contribution in [2.75, 3.05) is 0 Å². The number of aliphatic imine (C=N–C) groups is 1. The van der Waals surface area contributed by atoms with Crippen molar-refractivity contribution in [2.24, 2.45) is 4.99 Å². The van der Waals surface area contributed by atoms with Gasteiger partial charge in [-0.25, -0.2) is 4.85 Å². The maximum Gasteiger partial charge on any atom is 0.188 e. The first kappa shape index (κ1) is 15.1. The van der Waals surface area contributed by atoms with Gasteiger partial charge in [0.15, 0.2) is 5.69 Å². The molecular formula is C23H13N5. The van der Waals surface area contributed by atoms with Crippen LogP contribution in [0.1, 0.15) is 11.1 Å². The van der Waals surface area contributed by atoms with Crippen molar-refractivity contribution in [1.29, 1.82) is 0 Å². The summed E-state index contributed by atoms with van der Waals surface area (Å²) in [6.07, 6.45) is 6.33. The molecule has 0 radical (unpaired) electrons. The van der Waals surface area contributed by atoms with Crippen molar-refractivity contribution in [2.45, 2.75) is 6.42 Å². The number of pyridine rings is 2. The van der Waals surface area contributed by atoms with Gasteiger partial charge in [0.05, 0.1) is 29.0 Å². The normalized spacial score (nSPS) is 13.0. The highest BCUT2D eigenvalue weighted by Crippen LogP contribution is 2.41. The summed E-state index contributed by atoms with van der Waals surface area (Å²) in [5.74, 6) is 0. The van der Waals surface area contributed by atoms with E-state index >= 15 is 0 Å². The second-order valence-electron chi connectivity index (χ2n) is 6.91. The molecule has 3 aromatic heterocycles. The third-order valence-electron chi connectivity index (χ3n) is 5.40. The first-order valence-corrected chi connectivity index (χ1v) is 9.04. The molecule has 0 atom stereocenters. The lowest BCUT2D eigenvalue weighted by molar-refractivity contribution is 1.35. The Morgan fingerprint density at radius 2 is 1.71 bits per heavy atom. The zero-order valence-electron chi connectivity index (χ0n) is 14.8. The Labute approximate surface area is 160 Å². The summed E-state index contributed by atoms with van der Waals surface area (Å²) >= 11 is 0. The van der Waals surface area contributed by atoms with Crippen LogP contribution >= 0.6 is 0 Å². The van der Waals surface area contributed by atoms with Crippen LogP contribution in [-0.4, -0.2) is 20.7 Å². The number of H-pyrrole nitrogens is 1. The number of rotatable bonds is 1. The quantitative estimate of drug-likeness (QED) is 0.318. The van der Waals surface area contributed by atoms with Crippen LogP contribution in [0.4, 0.5) is 11.4 Å². The molecule has 0 bridgehead atoms. The largest absolute Gasteiger partial charge is 0.361 e. The summed E-state index contributed by atoms with van der Waals surface area (Å²) < 4.78 is 0. The van der Waals surface area contributed by atoms with Crippen LogP contribution in [0.15, 0.2) is 66.0 Å². The molecule has 5 heteroatoms. The summed E-state index contributed by atoms with van der Waals surface area (Å²) in [6.45, 7) is 7.31. The first-order valence-electron chi connectivity index (χ1n) is 9.04. The standard InChI is InChI=1S/C23H13N5/c1-24-13-6-7-19-16(10-13)18(12-27-19)20-11-17-14-4-2-8-25-22(14)23-15(21(17)28-20)5-3-9-26-23/h2-10,12,27H,11H2. The lowest BCUT2D eigenvalue weighted by Gasteiger charge is -2.08. The number of nitrogens with one attached hydrogen (secondary N) is 1.